The average Bonchev–Trinajstić information content (AvgIpc) is 2.10. The lowest BCUT2D eigenvalue weighted by Crippen LogP contribution is -2.24. The summed E-state index contributed by atoms with van der Waals surface area (Å²) in [6.45, 7) is 11.6. The van der Waals surface area contributed by atoms with Crippen LogP contribution in [0.15, 0.2) is 12.7 Å². The van der Waals surface area contributed by atoms with Gasteiger partial charge in [-0.25, -0.2) is 0 Å². The van der Waals surface area contributed by atoms with E-state index in [0.29, 0.717) is 0 Å². The Morgan fingerprint density at radius 1 is 1.15 bits per heavy atom. The van der Waals surface area contributed by atoms with Gasteiger partial charge in [-0.1, -0.05) is 39.2 Å². The highest BCUT2D eigenvalue weighted by molar-refractivity contribution is 5.85. The number of nitrogens with zero attached hydrogens (tertiary/aromatic N) is 1. The van der Waals surface area contributed by atoms with Crippen molar-refractivity contribution in [1.82, 2.24) is 4.90 Å². The molecule has 0 aromatic carbocycles. The average molecular weight is 206 g/mol. The van der Waals surface area contributed by atoms with Crippen LogP contribution in [0.5, 0.6) is 0 Å². The Hall–Kier alpha value is -0.0100. The third kappa shape index (κ3) is 9.91. The van der Waals surface area contributed by atoms with Crippen molar-refractivity contribution in [3.05, 3.63) is 12.7 Å². The molecule has 0 heterocycles. The summed E-state index contributed by atoms with van der Waals surface area (Å²) in [7, 11) is 0. The zero-order valence-corrected chi connectivity index (χ0v) is 9.91. The van der Waals surface area contributed by atoms with E-state index in [-0.39, 0.29) is 12.4 Å². The van der Waals surface area contributed by atoms with Crippen LogP contribution in [0.1, 0.15) is 39.5 Å². The van der Waals surface area contributed by atoms with Crippen molar-refractivity contribution < 1.29 is 0 Å². The molecule has 0 N–H and O–H groups in total. The third-order valence-corrected chi connectivity index (χ3v) is 2.16. The molecule has 0 rings (SSSR count). The Kier molecular flexibility index (Phi) is 14.3. The van der Waals surface area contributed by atoms with Crippen molar-refractivity contribution in [2.45, 2.75) is 39.5 Å². The predicted molar refractivity (Wildman–Crippen MR) is 63.7 cm³/mol. The maximum atomic E-state index is 3.75. The Bertz CT molecular complexity index is 104. The summed E-state index contributed by atoms with van der Waals surface area (Å²) in [5.74, 6) is 0. The number of likely N-dealkylation sites (N-methyl/N-ethyl adjacent to an activating group) is 1. The Morgan fingerprint density at radius 2 is 1.85 bits per heavy atom. The standard InChI is InChI=1S/C11H23N.ClH/c1-4-7-8-9-11-12(6-3)10-5-2;/h5H,2,4,6-11H2,1,3H3;1H. The lowest BCUT2D eigenvalue weighted by Gasteiger charge is -2.17. The smallest absolute Gasteiger partial charge is 0.0160 e. The van der Waals surface area contributed by atoms with Crippen LogP contribution in [0.25, 0.3) is 0 Å². The summed E-state index contributed by atoms with van der Waals surface area (Å²) in [6.07, 6.45) is 7.42. The summed E-state index contributed by atoms with van der Waals surface area (Å²) in [6, 6.07) is 0. The third-order valence-electron chi connectivity index (χ3n) is 2.16. The van der Waals surface area contributed by atoms with Crippen LogP contribution in [0.2, 0.25) is 0 Å². The summed E-state index contributed by atoms with van der Waals surface area (Å²) >= 11 is 0. The zero-order chi connectivity index (χ0) is 9.23. The van der Waals surface area contributed by atoms with Gasteiger partial charge in [0.1, 0.15) is 0 Å². The molecule has 0 aliphatic rings. The molecular formula is C11H24ClN. The van der Waals surface area contributed by atoms with Gasteiger partial charge in [0, 0.05) is 6.54 Å². The molecule has 0 aliphatic carbocycles. The molecule has 0 aromatic heterocycles. The minimum Gasteiger partial charge on any atom is -0.300 e. The lowest BCUT2D eigenvalue weighted by atomic mass is 10.2. The number of hydrogen-bond donors (Lipinski definition) is 0. The van der Waals surface area contributed by atoms with Gasteiger partial charge in [0.25, 0.3) is 0 Å². The van der Waals surface area contributed by atoms with E-state index in [0.717, 1.165) is 13.1 Å². The van der Waals surface area contributed by atoms with Gasteiger partial charge in [-0.2, -0.15) is 0 Å². The van der Waals surface area contributed by atoms with Crippen LogP contribution < -0.4 is 0 Å². The van der Waals surface area contributed by atoms with Gasteiger partial charge in [-0.3, -0.25) is 4.90 Å². The molecule has 0 saturated carbocycles. The minimum absolute atomic E-state index is 0. The van der Waals surface area contributed by atoms with E-state index in [2.05, 4.69) is 25.3 Å². The second-order valence-electron chi connectivity index (χ2n) is 3.24. The van der Waals surface area contributed by atoms with E-state index in [1.807, 2.05) is 6.08 Å². The molecule has 0 radical (unpaired) electrons. The molecule has 0 aliphatic heterocycles. The number of halogens is 1. The topological polar surface area (TPSA) is 3.24 Å². The van der Waals surface area contributed by atoms with Crippen LogP contribution in [-0.2, 0) is 0 Å². The molecule has 80 valence electrons. The van der Waals surface area contributed by atoms with E-state index in [1.54, 1.807) is 0 Å². The van der Waals surface area contributed by atoms with Crippen molar-refractivity contribution >= 4 is 12.4 Å². The van der Waals surface area contributed by atoms with Crippen molar-refractivity contribution in [2.24, 2.45) is 0 Å². The van der Waals surface area contributed by atoms with Gasteiger partial charge in [-0.15, -0.1) is 19.0 Å². The molecule has 0 amide bonds. The lowest BCUT2D eigenvalue weighted by molar-refractivity contribution is 0.310. The van der Waals surface area contributed by atoms with E-state index in [1.165, 1.54) is 32.2 Å². The van der Waals surface area contributed by atoms with Crippen LogP contribution in [0.4, 0.5) is 0 Å². The van der Waals surface area contributed by atoms with Gasteiger partial charge < -0.3 is 0 Å². The SMILES string of the molecule is C=CCN(CC)CCCCCC.Cl. The van der Waals surface area contributed by atoms with Gasteiger partial charge in [-0.05, 0) is 19.5 Å². The summed E-state index contributed by atoms with van der Waals surface area (Å²) in [5.41, 5.74) is 0. The first-order valence-electron chi connectivity index (χ1n) is 5.18. The van der Waals surface area contributed by atoms with Crippen molar-refractivity contribution in [1.29, 1.82) is 0 Å². The first-order chi connectivity index (χ1) is 5.85. The largest absolute Gasteiger partial charge is 0.300 e. The summed E-state index contributed by atoms with van der Waals surface area (Å²) in [5, 5.41) is 0. The fraction of sp³-hybridized carbons (Fsp3) is 0.818. The molecule has 1 nitrogen and oxygen atoms in total. The van der Waals surface area contributed by atoms with Crippen molar-refractivity contribution in [3.8, 4) is 0 Å². The van der Waals surface area contributed by atoms with E-state index in [4.69, 9.17) is 0 Å². The second-order valence-corrected chi connectivity index (χ2v) is 3.24. The Morgan fingerprint density at radius 3 is 2.31 bits per heavy atom. The van der Waals surface area contributed by atoms with Crippen molar-refractivity contribution in [2.75, 3.05) is 19.6 Å². The van der Waals surface area contributed by atoms with E-state index < -0.39 is 0 Å². The normalized spacial score (nSPS) is 9.77. The predicted octanol–water partition coefficient (Wildman–Crippen LogP) is 3.50. The fourth-order valence-corrected chi connectivity index (χ4v) is 1.32. The fourth-order valence-electron chi connectivity index (χ4n) is 1.32. The van der Waals surface area contributed by atoms with Crippen LogP contribution in [0.3, 0.4) is 0 Å². The maximum Gasteiger partial charge on any atom is 0.0160 e. The molecule has 0 atom stereocenters. The monoisotopic (exact) mass is 205 g/mol. The quantitative estimate of drug-likeness (QED) is 0.433. The van der Waals surface area contributed by atoms with Crippen LogP contribution in [0, 0.1) is 0 Å². The molecule has 13 heavy (non-hydrogen) atoms. The van der Waals surface area contributed by atoms with E-state index in [9.17, 15) is 0 Å². The van der Waals surface area contributed by atoms with Gasteiger partial charge in [0.2, 0.25) is 0 Å². The Balaban J connectivity index is 0. The molecule has 0 aromatic rings. The summed E-state index contributed by atoms with van der Waals surface area (Å²) < 4.78 is 0. The zero-order valence-electron chi connectivity index (χ0n) is 9.09. The highest BCUT2D eigenvalue weighted by Gasteiger charge is 1.97. The molecule has 0 unspecified atom stereocenters. The Labute approximate surface area is 89.6 Å². The molecule has 2 heteroatoms. The number of hydrogen-bond acceptors (Lipinski definition) is 1. The molecule has 0 bridgehead atoms. The van der Waals surface area contributed by atoms with Gasteiger partial charge >= 0.3 is 0 Å². The van der Waals surface area contributed by atoms with Crippen LogP contribution >= 0.6 is 12.4 Å². The molecule has 0 saturated heterocycles. The van der Waals surface area contributed by atoms with Crippen LogP contribution in [-0.4, -0.2) is 24.5 Å². The maximum absolute atomic E-state index is 3.75. The summed E-state index contributed by atoms with van der Waals surface area (Å²) in [4.78, 5) is 2.43. The number of unbranched alkanes of at least 4 members (excludes halogenated alkanes) is 3. The number of rotatable bonds is 8. The molecular weight excluding hydrogens is 182 g/mol. The second kappa shape index (κ2) is 12.0. The van der Waals surface area contributed by atoms with E-state index >= 15 is 0 Å². The molecule has 0 fully saturated rings. The highest BCUT2D eigenvalue weighted by Crippen LogP contribution is 2.00. The van der Waals surface area contributed by atoms with Gasteiger partial charge in [0.05, 0.1) is 0 Å². The van der Waals surface area contributed by atoms with Crippen molar-refractivity contribution in [3.63, 3.8) is 0 Å². The minimum atomic E-state index is 0. The first-order valence-corrected chi connectivity index (χ1v) is 5.18. The molecule has 0 spiro atoms. The van der Waals surface area contributed by atoms with Gasteiger partial charge in [0.15, 0.2) is 0 Å². The first kappa shape index (κ1) is 15.5. The highest BCUT2D eigenvalue weighted by atomic mass is 35.5.